The van der Waals surface area contributed by atoms with E-state index in [4.69, 9.17) is 9.15 Å². The summed E-state index contributed by atoms with van der Waals surface area (Å²) in [6.07, 6.45) is 7.15. The Morgan fingerprint density at radius 1 is 1.40 bits per heavy atom. The molecule has 8 heteroatoms. The highest BCUT2D eigenvalue weighted by molar-refractivity contribution is 6.10. The summed E-state index contributed by atoms with van der Waals surface area (Å²) in [5.41, 5.74) is 1.92. The number of fused-ring (bicyclic) bond motifs is 1. The van der Waals surface area contributed by atoms with E-state index in [1.54, 1.807) is 13.0 Å². The molecule has 1 aliphatic heterocycles. The van der Waals surface area contributed by atoms with Gasteiger partial charge >= 0.3 is 0 Å². The third-order valence-electron chi connectivity index (χ3n) is 5.67. The van der Waals surface area contributed by atoms with E-state index in [2.05, 4.69) is 28.8 Å². The molecule has 0 radical (unpaired) electrons. The lowest BCUT2D eigenvalue weighted by atomic mass is 10.1. The van der Waals surface area contributed by atoms with Crippen LogP contribution in [0, 0.1) is 6.92 Å². The van der Waals surface area contributed by atoms with Gasteiger partial charge in [0.25, 0.3) is 5.91 Å². The maximum atomic E-state index is 13.6. The van der Waals surface area contributed by atoms with Crippen LogP contribution >= 0.6 is 0 Å². The first-order chi connectivity index (χ1) is 14.3. The van der Waals surface area contributed by atoms with Crippen LogP contribution in [0.4, 0.5) is 5.82 Å². The molecule has 3 heterocycles. The fraction of sp³-hybridized carbons (Fsp3) is 0.500. The molecule has 1 atom stereocenters. The van der Waals surface area contributed by atoms with Crippen LogP contribution in [-0.2, 0) is 4.74 Å². The van der Waals surface area contributed by atoms with Crippen molar-refractivity contribution in [3.05, 3.63) is 42.1 Å². The third kappa shape index (κ3) is 3.92. The van der Waals surface area contributed by atoms with Gasteiger partial charge in [0, 0.05) is 32.4 Å². The zero-order chi connectivity index (χ0) is 21.5. The van der Waals surface area contributed by atoms with Gasteiger partial charge in [0.05, 0.1) is 24.1 Å². The van der Waals surface area contributed by atoms with Crippen LogP contribution in [0.2, 0.25) is 0 Å². The van der Waals surface area contributed by atoms with Gasteiger partial charge in [0.1, 0.15) is 24.0 Å². The predicted molar refractivity (Wildman–Crippen MR) is 115 cm³/mol. The van der Waals surface area contributed by atoms with Crippen LogP contribution in [0.25, 0.3) is 11.1 Å². The van der Waals surface area contributed by atoms with Gasteiger partial charge in [-0.05, 0) is 32.3 Å². The van der Waals surface area contributed by atoms with Gasteiger partial charge in [-0.25, -0.2) is 9.97 Å². The molecule has 30 heavy (non-hydrogen) atoms. The first-order valence-corrected chi connectivity index (χ1v) is 10.2. The Morgan fingerprint density at radius 3 is 2.83 bits per heavy atom. The highest BCUT2D eigenvalue weighted by atomic mass is 16.5. The number of rotatable bonds is 6. The molecule has 1 saturated carbocycles. The molecule has 2 aromatic heterocycles. The molecule has 0 bridgehead atoms. The van der Waals surface area contributed by atoms with E-state index in [-0.39, 0.29) is 17.6 Å². The second kappa shape index (κ2) is 7.75. The summed E-state index contributed by atoms with van der Waals surface area (Å²) >= 11 is 0. The van der Waals surface area contributed by atoms with Crippen molar-refractivity contribution in [1.29, 1.82) is 0 Å². The van der Waals surface area contributed by atoms with Crippen LogP contribution in [0.5, 0.6) is 0 Å². The molecule has 2 fully saturated rings. The molecule has 4 rings (SSSR count). The average molecular weight is 412 g/mol. The highest BCUT2D eigenvalue weighted by Crippen LogP contribution is 2.40. The predicted octanol–water partition coefficient (Wildman–Crippen LogP) is 2.97. The lowest BCUT2D eigenvalue weighted by molar-refractivity contribution is -0.00357. The van der Waals surface area contributed by atoms with Crippen LogP contribution in [0.15, 0.2) is 35.2 Å². The van der Waals surface area contributed by atoms with Gasteiger partial charge in [0.15, 0.2) is 0 Å². The van der Waals surface area contributed by atoms with Crippen molar-refractivity contribution < 1.29 is 13.9 Å². The number of hydrogen-bond donors (Lipinski definition) is 1. The number of carbonyl (C=O) groups is 1. The Hall–Kier alpha value is -2.87. The summed E-state index contributed by atoms with van der Waals surface area (Å²) in [6, 6.07) is 0. The van der Waals surface area contributed by atoms with E-state index in [0.717, 1.165) is 18.4 Å². The molecule has 1 amide bonds. The number of amides is 1. The van der Waals surface area contributed by atoms with Gasteiger partial charge in [-0.1, -0.05) is 12.7 Å². The fourth-order valence-electron chi connectivity index (χ4n) is 3.75. The summed E-state index contributed by atoms with van der Waals surface area (Å²) < 4.78 is 11.8. The maximum Gasteiger partial charge on any atom is 0.258 e. The number of aromatic nitrogens is 2. The number of ether oxygens (including phenoxy) is 1. The smallest absolute Gasteiger partial charge is 0.258 e. The molecule has 2 aliphatic rings. The fourth-order valence-corrected chi connectivity index (χ4v) is 3.75. The van der Waals surface area contributed by atoms with Crippen molar-refractivity contribution in [2.75, 3.05) is 39.1 Å². The number of hydrogen-bond acceptors (Lipinski definition) is 7. The summed E-state index contributed by atoms with van der Waals surface area (Å²) in [6.45, 7) is 9.28. The molecule has 1 unspecified atom stereocenters. The normalized spacial score (nSPS) is 20.9. The van der Waals surface area contributed by atoms with Crippen LogP contribution in [0.3, 0.4) is 0 Å². The Bertz CT molecular complexity index is 1010. The second-order valence-corrected chi connectivity index (χ2v) is 8.53. The second-order valence-electron chi connectivity index (χ2n) is 8.53. The lowest BCUT2D eigenvalue weighted by Gasteiger charge is -2.34. The minimum atomic E-state index is -0.222. The van der Waals surface area contributed by atoms with Crippen molar-refractivity contribution in [3.8, 4) is 0 Å². The van der Waals surface area contributed by atoms with Gasteiger partial charge in [0.2, 0.25) is 5.71 Å². The topological polar surface area (TPSA) is 83.7 Å². The molecule has 1 aliphatic carbocycles. The van der Waals surface area contributed by atoms with Crippen LogP contribution < -0.4 is 5.32 Å². The largest absolute Gasteiger partial charge is 0.442 e. The minimum Gasteiger partial charge on any atom is -0.442 e. The Morgan fingerprint density at radius 2 is 2.17 bits per heavy atom. The summed E-state index contributed by atoms with van der Waals surface area (Å²) in [5, 5.41) is 4.13. The molecule has 2 aromatic rings. The first kappa shape index (κ1) is 20.4. The lowest BCUT2D eigenvalue weighted by Crippen LogP contribution is -2.46. The molecule has 160 valence electrons. The van der Waals surface area contributed by atoms with Crippen LogP contribution in [0.1, 0.15) is 35.9 Å². The van der Waals surface area contributed by atoms with Gasteiger partial charge in [-0.15, -0.1) is 0 Å². The Kier molecular flexibility index (Phi) is 5.27. The standard InChI is InChI=1S/C22H29N5O3/c1-6-15(11-26(4)5)16-12-27(9-10-29-16)21(28)17-14(2)30-20-18(17)19(23-13-24-20)25-22(3)7-8-22/h6,11,13,16H,1,7-10,12H2,2-5H3,(H,23,24,25)/b15-11+. The summed E-state index contributed by atoms with van der Waals surface area (Å²) in [4.78, 5) is 26.0. The van der Waals surface area contributed by atoms with Crippen molar-refractivity contribution in [2.45, 2.75) is 38.3 Å². The van der Waals surface area contributed by atoms with E-state index in [9.17, 15) is 4.79 Å². The molecule has 0 aromatic carbocycles. The number of nitrogens with one attached hydrogen (secondary N) is 1. The first-order valence-electron chi connectivity index (χ1n) is 10.2. The SMILES string of the molecule is C=C/C(=C\N(C)C)C1CN(C(=O)c2c(C)oc3ncnc(NC4(C)CC4)c23)CCO1. The molecular formula is C22H29N5O3. The third-order valence-corrected chi connectivity index (χ3v) is 5.67. The molecule has 0 spiro atoms. The van der Waals surface area contributed by atoms with Crippen LogP contribution in [-0.4, -0.2) is 71.1 Å². The zero-order valence-corrected chi connectivity index (χ0v) is 18.1. The maximum absolute atomic E-state index is 13.6. The zero-order valence-electron chi connectivity index (χ0n) is 18.1. The molecular weight excluding hydrogens is 382 g/mol. The van der Waals surface area contributed by atoms with E-state index >= 15 is 0 Å². The Balaban J connectivity index is 1.66. The van der Waals surface area contributed by atoms with Crippen molar-refractivity contribution in [2.24, 2.45) is 0 Å². The van der Waals surface area contributed by atoms with Gasteiger partial charge in [-0.3, -0.25) is 4.79 Å². The number of anilines is 1. The molecule has 8 nitrogen and oxygen atoms in total. The number of nitrogens with zero attached hydrogens (tertiary/aromatic N) is 4. The minimum absolute atomic E-state index is 0.0205. The highest BCUT2D eigenvalue weighted by Gasteiger charge is 2.39. The quantitative estimate of drug-likeness (QED) is 0.732. The van der Waals surface area contributed by atoms with Crippen molar-refractivity contribution in [1.82, 2.24) is 19.8 Å². The Labute approximate surface area is 176 Å². The molecule has 1 N–H and O–H groups in total. The van der Waals surface area contributed by atoms with Gasteiger partial charge < -0.3 is 24.3 Å². The van der Waals surface area contributed by atoms with Crippen molar-refractivity contribution in [3.63, 3.8) is 0 Å². The number of morpholine rings is 1. The van der Waals surface area contributed by atoms with E-state index in [1.165, 1.54) is 6.33 Å². The van der Waals surface area contributed by atoms with E-state index < -0.39 is 0 Å². The summed E-state index contributed by atoms with van der Waals surface area (Å²) in [5.74, 6) is 1.12. The van der Waals surface area contributed by atoms with E-state index in [1.807, 2.05) is 30.1 Å². The van der Waals surface area contributed by atoms with Crippen molar-refractivity contribution >= 4 is 22.8 Å². The monoisotopic (exact) mass is 411 g/mol. The average Bonchev–Trinajstić information content (AvgIpc) is 3.33. The number of carbonyl (C=O) groups excluding carboxylic acids is 1. The van der Waals surface area contributed by atoms with Gasteiger partial charge in [-0.2, -0.15) is 0 Å². The number of aryl methyl sites for hydroxylation is 1. The van der Waals surface area contributed by atoms with E-state index in [0.29, 0.717) is 47.9 Å². The molecule has 1 saturated heterocycles. The summed E-state index contributed by atoms with van der Waals surface area (Å²) in [7, 11) is 3.90. The number of furan rings is 1.